The number of rotatable bonds is 3. The smallest absolute Gasteiger partial charge is 0.138 e. The van der Waals surface area contributed by atoms with E-state index in [1.165, 1.54) is 6.07 Å². The largest absolute Gasteiger partial charge is 0.457 e. The molecule has 0 saturated heterocycles. The molecular formula is C14H11BrFNOS. The second kappa shape index (κ2) is 5.67. The lowest BCUT2D eigenvalue weighted by atomic mass is 10.2. The van der Waals surface area contributed by atoms with Gasteiger partial charge in [-0.1, -0.05) is 28.1 Å². The third-order valence-electron chi connectivity index (χ3n) is 2.57. The summed E-state index contributed by atoms with van der Waals surface area (Å²) in [5.74, 6) is 0.804. The van der Waals surface area contributed by atoms with Crippen molar-refractivity contribution >= 4 is 33.1 Å². The van der Waals surface area contributed by atoms with Gasteiger partial charge in [-0.15, -0.1) is 0 Å². The first kappa shape index (κ1) is 14.0. The Morgan fingerprint density at radius 1 is 1.26 bits per heavy atom. The highest BCUT2D eigenvalue weighted by Crippen LogP contribution is 2.29. The van der Waals surface area contributed by atoms with Crippen LogP contribution in [0.2, 0.25) is 0 Å². The first-order valence-corrected chi connectivity index (χ1v) is 6.71. The fourth-order valence-electron chi connectivity index (χ4n) is 1.59. The highest BCUT2D eigenvalue weighted by atomic mass is 79.9. The maximum Gasteiger partial charge on any atom is 0.138 e. The van der Waals surface area contributed by atoms with Crippen molar-refractivity contribution in [1.82, 2.24) is 0 Å². The number of aryl methyl sites for hydroxylation is 1. The zero-order valence-corrected chi connectivity index (χ0v) is 12.5. The zero-order valence-electron chi connectivity index (χ0n) is 10.1. The van der Waals surface area contributed by atoms with Crippen LogP contribution in [0.5, 0.6) is 11.5 Å². The van der Waals surface area contributed by atoms with E-state index in [9.17, 15) is 4.39 Å². The number of ether oxygens (including phenoxy) is 1. The molecule has 2 aromatic rings. The van der Waals surface area contributed by atoms with Crippen LogP contribution >= 0.6 is 28.1 Å². The topological polar surface area (TPSA) is 35.2 Å². The van der Waals surface area contributed by atoms with Gasteiger partial charge >= 0.3 is 0 Å². The summed E-state index contributed by atoms with van der Waals surface area (Å²) in [6.07, 6.45) is 0. The van der Waals surface area contributed by atoms with Gasteiger partial charge in [-0.3, -0.25) is 0 Å². The van der Waals surface area contributed by atoms with Crippen molar-refractivity contribution in [1.29, 1.82) is 0 Å². The lowest BCUT2D eigenvalue weighted by Crippen LogP contribution is -2.10. The Kier molecular flexibility index (Phi) is 4.17. The molecule has 2 N–H and O–H groups in total. The van der Waals surface area contributed by atoms with Crippen molar-refractivity contribution in [2.45, 2.75) is 6.92 Å². The van der Waals surface area contributed by atoms with Gasteiger partial charge in [0.05, 0.1) is 5.56 Å². The number of thiocarbonyl (C=S) groups is 1. The van der Waals surface area contributed by atoms with Crippen LogP contribution < -0.4 is 10.5 Å². The monoisotopic (exact) mass is 339 g/mol. The van der Waals surface area contributed by atoms with Gasteiger partial charge < -0.3 is 10.5 Å². The standard InChI is InChI=1S/C14H11BrFNOS/c1-8-6-10(3-5-12(8)16)18-13-7-9(15)2-4-11(13)14(17)19/h2-7H,1H3,(H2,17,19). The second-order valence-electron chi connectivity index (χ2n) is 4.02. The maximum absolute atomic E-state index is 13.2. The highest BCUT2D eigenvalue weighted by Gasteiger charge is 2.09. The van der Waals surface area contributed by atoms with E-state index in [1.54, 1.807) is 31.2 Å². The Hall–Kier alpha value is -1.46. The summed E-state index contributed by atoms with van der Waals surface area (Å²) in [7, 11) is 0. The van der Waals surface area contributed by atoms with E-state index in [4.69, 9.17) is 22.7 Å². The molecule has 5 heteroatoms. The van der Waals surface area contributed by atoms with E-state index in [1.807, 2.05) is 6.07 Å². The molecule has 0 heterocycles. The minimum Gasteiger partial charge on any atom is -0.457 e. The molecular weight excluding hydrogens is 329 g/mol. The molecule has 0 aliphatic rings. The number of benzene rings is 2. The molecule has 2 nitrogen and oxygen atoms in total. The van der Waals surface area contributed by atoms with Crippen LogP contribution in [-0.4, -0.2) is 4.99 Å². The van der Waals surface area contributed by atoms with E-state index in [0.29, 0.717) is 22.6 Å². The molecule has 0 saturated carbocycles. The lowest BCUT2D eigenvalue weighted by Gasteiger charge is -2.11. The Balaban J connectivity index is 2.39. The van der Waals surface area contributed by atoms with E-state index < -0.39 is 0 Å². The summed E-state index contributed by atoms with van der Waals surface area (Å²) in [6.45, 7) is 1.68. The Bertz CT molecular complexity index is 645. The van der Waals surface area contributed by atoms with Gasteiger partial charge in [0.25, 0.3) is 0 Å². The number of hydrogen-bond acceptors (Lipinski definition) is 2. The third kappa shape index (κ3) is 3.30. The SMILES string of the molecule is Cc1cc(Oc2cc(Br)ccc2C(N)=S)ccc1F. The van der Waals surface area contributed by atoms with Crippen molar-refractivity contribution in [3.8, 4) is 11.5 Å². The van der Waals surface area contributed by atoms with Crippen molar-refractivity contribution < 1.29 is 9.13 Å². The number of nitrogens with two attached hydrogens (primary N) is 1. The van der Waals surface area contributed by atoms with Crippen LogP contribution in [0.25, 0.3) is 0 Å². The molecule has 98 valence electrons. The molecule has 0 aromatic heterocycles. The maximum atomic E-state index is 13.2. The van der Waals surface area contributed by atoms with Crippen molar-refractivity contribution in [3.05, 3.63) is 57.8 Å². The summed E-state index contributed by atoms with van der Waals surface area (Å²) < 4.78 is 19.8. The Morgan fingerprint density at radius 3 is 2.63 bits per heavy atom. The third-order valence-corrected chi connectivity index (χ3v) is 3.28. The van der Waals surface area contributed by atoms with Gasteiger partial charge in [0, 0.05) is 4.47 Å². The van der Waals surface area contributed by atoms with E-state index >= 15 is 0 Å². The van der Waals surface area contributed by atoms with Gasteiger partial charge in [0.2, 0.25) is 0 Å². The first-order valence-electron chi connectivity index (χ1n) is 5.51. The van der Waals surface area contributed by atoms with Crippen LogP contribution in [0, 0.1) is 12.7 Å². The van der Waals surface area contributed by atoms with Crippen molar-refractivity contribution in [2.24, 2.45) is 5.73 Å². The molecule has 0 unspecified atom stereocenters. The molecule has 0 aliphatic carbocycles. The molecule has 0 bridgehead atoms. The molecule has 2 rings (SSSR count). The Morgan fingerprint density at radius 2 is 2.00 bits per heavy atom. The van der Waals surface area contributed by atoms with Crippen LogP contribution in [0.3, 0.4) is 0 Å². The van der Waals surface area contributed by atoms with Crippen LogP contribution in [0.1, 0.15) is 11.1 Å². The summed E-state index contributed by atoms with van der Waals surface area (Å²) in [6, 6.07) is 9.93. The van der Waals surface area contributed by atoms with Gasteiger partial charge in [-0.05, 0) is 48.9 Å². The molecule has 19 heavy (non-hydrogen) atoms. The van der Waals surface area contributed by atoms with Gasteiger partial charge in [-0.2, -0.15) is 0 Å². The van der Waals surface area contributed by atoms with Gasteiger partial charge in [-0.25, -0.2) is 4.39 Å². The van der Waals surface area contributed by atoms with Crippen molar-refractivity contribution in [3.63, 3.8) is 0 Å². The van der Waals surface area contributed by atoms with Crippen LogP contribution in [0.15, 0.2) is 40.9 Å². The molecule has 0 spiro atoms. The average Bonchev–Trinajstić information content (AvgIpc) is 2.33. The zero-order chi connectivity index (χ0) is 14.0. The molecule has 0 amide bonds. The van der Waals surface area contributed by atoms with E-state index in [-0.39, 0.29) is 10.8 Å². The van der Waals surface area contributed by atoms with Crippen LogP contribution in [0.4, 0.5) is 4.39 Å². The Labute approximate surface area is 124 Å². The normalized spacial score (nSPS) is 10.3. The predicted octanol–water partition coefficient (Wildman–Crippen LogP) is 4.32. The molecule has 0 fully saturated rings. The minimum absolute atomic E-state index is 0.251. The van der Waals surface area contributed by atoms with Gasteiger partial charge in [0.1, 0.15) is 22.3 Å². The molecule has 0 radical (unpaired) electrons. The number of hydrogen-bond donors (Lipinski definition) is 1. The predicted molar refractivity (Wildman–Crippen MR) is 81.2 cm³/mol. The van der Waals surface area contributed by atoms with E-state index in [0.717, 1.165) is 4.47 Å². The van der Waals surface area contributed by atoms with Gasteiger partial charge in [0.15, 0.2) is 0 Å². The lowest BCUT2D eigenvalue weighted by molar-refractivity contribution is 0.478. The summed E-state index contributed by atoms with van der Waals surface area (Å²) >= 11 is 8.34. The fourth-order valence-corrected chi connectivity index (χ4v) is 2.10. The fraction of sp³-hybridized carbons (Fsp3) is 0.0714. The average molecular weight is 340 g/mol. The van der Waals surface area contributed by atoms with Crippen molar-refractivity contribution in [2.75, 3.05) is 0 Å². The summed E-state index contributed by atoms with van der Waals surface area (Å²) in [5.41, 5.74) is 6.81. The molecule has 0 aliphatic heterocycles. The number of halogens is 2. The minimum atomic E-state index is -0.267. The quantitative estimate of drug-likeness (QED) is 0.845. The van der Waals surface area contributed by atoms with Crippen LogP contribution in [-0.2, 0) is 0 Å². The summed E-state index contributed by atoms with van der Waals surface area (Å²) in [4.78, 5) is 0.251. The molecule has 2 aromatic carbocycles. The molecule has 0 atom stereocenters. The van der Waals surface area contributed by atoms with E-state index in [2.05, 4.69) is 15.9 Å². The first-order chi connectivity index (χ1) is 8.97. The highest BCUT2D eigenvalue weighted by molar-refractivity contribution is 9.10. The second-order valence-corrected chi connectivity index (χ2v) is 5.37. The summed E-state index contributed by atoms with van der Waals surface area (Å²) in [5, 5.41) is 0.